The van der Waals surface area contributed by atoms with Gasteiger partial charge in [-0.15, -0.1) is 0 Å². The summed E-state index contributed by atoms with van der Waals surface area (Å²) in [6, 6.07) is 4.65. The number of methoxy groups -OCH3 is 2. The van der Waals surface area contributed by atoms with Crippen LogP contribution in [0.1, 0.15) is 5.56 Å². The number of amides is 3. The Kier molecular flexibility index (Phi) is 3.18. The Morgan fingerprint density at radius 1 is 1.00 bits per heavy atom. The number of benzene rings is 1. The Bertz CT molecular complexity index is 515. The van der Waals surface area contributed by atoms with Gasteiger partial charge in [-0.05, 0) is 23.8 Å². The molecule has 1 heterocycles. The number of carbonyl (C=O) groups is 2. The number of nitrogens with one attached hydrogen (secondary N) is 2. The first-order valence-electron chi connectivity index (χ1n) is 5.19. The van der Waals surface area contributed by atoms with Crippen LogP contribution in [0.5, 0.6) is 11.5 Å². The number of carbonyl (C=O) groups excluding carboxylic acids is 2. The van der Waals surface area contributed by atoms with Gasteiger partial charge < -0.3 is 14.8 Å². The van der Waals surface area contributed by atoms with E-state index in [1.54, 1.807) is 24.3 Å². The van der Waals surface area contributed by atoms with Crippen molar-refractivity contribution in [2.75, 3.05) is 14.2 Å². The highest BCUT2D eigenvalue weighted by atomic mass is 16.5. The first-order valence-corrected chi connectivity index (χ1v) is 5.19. The summed E-state index contributed by atoms with van der Waals surface area (Å²) in [6.07, 6.45) is 1.55. The van der Waals surface area contributed by atoms with Gasteiger partial charge in [-0.25, -0.2) is 4.79 Å². The minimum absolute atomic E-state index is 0.190. The zero-order valence-corrected chi connectivity index (χ0v) is 9.94. The molecule has 1 saturated heterocycles. The second-order valence-corrected chi connectivity index (χ2v) is 3.61. The zero-order chi connectivity index (χ0) is 13.1. The lowest BCUT2D eigenvalue weighted by Crippen LogP contribution is -2.22. The van der Waals surface area contributed by atoms with Gasteiger partial charge in [-0.2, -0.15) is 0 Å². The summed E-state index contributed by atoms with van der Waals surface area (Å²) in [4.78, 5) is 22.3. The van der Waals surface area contributed by atoms with Crippen LogP contribution in [0.15, 0.2) is 23.9 Å². The smallest absolute Gasteiger partial charge is 0.326 e. The van der Waals surface area contributed by atoms with E-state index in [0.717, 1.165) is 0 Å². The van der Waals surface area contributed by atoms with Crippen molar-refractivity contribution in [3.63, 3.8) is 0 Å². The highest BCUT2D eigenvalue weighted by Gasteiger charge is 2.22. The number of rotatable bonds is 3. The Morgan fingerprint density at radius 3 is 2.06 bits per heavy atom. The van der Waals surface area contributed by atoms with Gasteiger partial charge in [0.05, 0.1) is 14.2 Å². The summed E-state index contributed by atoms with van der Waals surface area (Å²) >= 11 is 0. The number of urea groups is 1. The van der Waals surface area contributed by atoms with E-state index in [0.29, 0.717) is 17.1 Å². The maximum Gasteiger partial charge on any atom is 0.326 e. The summed E-state index contributed by atoms with van der Waals surface area (Å²) in [7, 11) is 3.07. The lowest BCUT2D eigenvalue weighted by atomic mass is 10.1. The Balaban J connectivity index is 2.36. The van der Waals surface area contributed by atoms with Crippen molar-refractivity contribution in [3.05, 3.63) is 29.5 Å². The number of hydrogen-bond acceptors (Lipinski definition) is 4. The normalized spacial score (nSPS) is 16.4. The van der Waals surface area contributed by atoms with Crippen LogP contribution in [-0.2, 0) is 4.79 Å². The van der Waals surface area contributed by atoms with Crippen LogP contribution in [0.25, 0.3) is 6.08 Å². The molecule has 6 heteroatoms. The molecule has 18 heavy (non-hydrogen) atoms. The lowest BCUT2D eigenvalue weighted by molar-refractivity contribution is -0.115. The average molecular weight is 248 g/mol. The molecule has 0 unspecified atom stereocenters. The SMILES string of the molecule is COc1cc(C=C2NC(=O)NC2=O)cc(OC)c1. The molecule has 1 aliphatic heterocycles. The molecule has 3 amide bonds. The van der Waals surface area contributed by atoms with Crippen molar-refractivity contribution in [1.29, 1.82) is 0 Å². The van der Waals surface area contributed by atoms with E-state index in [2.05, 4.69) is 10.6 Å². The van der Waals surface area contributed by atoms with Crippen molar-refractivity contribution < 1.29 is 19.1 Å². The van der Waals surface area contributed by atoms with E-state index >= 15 is 0 Å². The summed E-state index contributed by atoms with van der Waals surface area (Å²) in [5.41, 5.74) is 0.883. The van der Waals surface area contributed by atoms with Crippen LogP contribution < -0.4 is 20.1 Å². The van der Waals surface area contributed by atoms with Gasteiger partial charge in [-0.1, -0.05) is 0 Å². The number of hydrogen-bond donors (Lipinski definition) is 2. The van der Waals surface area contributed by atoms with Crippen LogP contribution in [0.2, 0.25) is 0 Å². The van der Waals surface area contributed by atoms with Crippen molar-refractivity contribution >= 4 is 18.0 Å². The molecule has 1 fully saturated rings. The molecule has 0 aliphatic carbocycles. The van der Waals surface area contributed by atoms with Gasteiger partial charge in [-0.3, -0.25) is 10.1 Å². The molecule has 0 saturated carbocycles. The molecular weight excluding hydrogens is 236 g/mol. The standard InChI is InChI=1S/C12H12N2O4/c1-17-8-3-7(4-9(6-8)18-2)5-10-11(15)14-12(16)13-10/h3-6H,1-2H3,(H2,13,14,15,16). The van der Waals surface area contributed by atoms with E-state index in [-0.39, 0.29) is 5.70 Å². The van der Waals surface area contributed by atoms with E-state index in [1.165, 1.54) is 14.2 Å². The minimum Gasteiger partial charge on any atom is -0.497 e. The summed E-state index contributed by atoms with van der Waals surface area (Å²) in [6.45, 7) is 0. The summed E-state index contributed by atoms with van der Waals surface area (Å²) < 4.78 is 10.2. The second kappa shape index (κ2) is 4.79. The van der Waals surface area contributed by atoms with E-state index < -0.39 is 11.9 Å². The fraction of sp³-hybridized carbons (Fsp3) is 0.167. The largest absolute Gasteiger partial charge is 0.497 e. The van der Waals surface area contributed by atoms with Crippen LogP contribution in [0.3, 0.4) is 0 Å². The average Bonchev–Trinajstić information content (AvgIpc) is 2.67. The zero-order valence-electron chi connectivity index (χ0n) is 9.94. The van der Waals surface area contributed by atoms with Crippen LogP contribution in [0, 0.1) is 0 Å². The first kappa shape index (κ1) is 12.0. The van der Waals surface area contributed by atoms with Crippen LogP contribution in [0.4, 0.5) is 4.79 Å². The highest BCUT2D eigenvalue weighted by molar-refractivity contribution is 6.14. The first-order chi connectivity index (χ1) is 8.62. The number of imide groups is 1. The molecule has 0 atom stereocenters. The third kappa shape index (κ3) is 2.42. The van der Waals surface area contributed by atoms with Gasteiger partial charge in [0.1, 0.15) is 17.2 Å². The molecule has 0 bridgehead atoms. The highest BCUT2D eigenvalue weighted by Crippen LogP contribution is 2.24. The molecule has 0 spiro atoms. The summed E-state index contributed by atoms with van der Waals surface area (Å²) in [5.74, 6) is 0.749. The molecule has 2 rings (SSSR count). The summed E-state index contributed by atoms with van der Waals surface area (Å²) in [5, 5.41) is 4.53. The minimum atomic E-state index is -0.527. The maximum atomic E-state index is 11.4. The third-order valence-electron chi connectivity index (χ3n) is 2.40. The predicted octanol–water partition coefficient (Wildman–Crippen LogP) is 0.884. The number of ether oxygens (including phenoxy) is 2. The predicted molar refractivity (Wildman–Crippen MR) is 64.2 cm³/mol. The van der Waals surface area contributed by atoms with Gasteiger partial charge in [0.25, 0.3) is 5.91 Å². The van der Waals surface area contributed by atoms with E-state index in [9.17, 15) is 9.59 Å². The van der Waals surface area contributed by atoms with Gasteiger partial charge in [0.2, 0.25) is 0 Å². The van der Waals surface area contributed by atoms with Crippen LogP contribution >= 0.6 is 0 Å². The monoisotopic (exact) mass is 248 g/mol. The molecule has 94 valence electrons. The molecule has 1 aromatic rings. The van der Waals surface area contributed by atoms with Gasteiger partial charge in [0, 0.05) is 6.07 Å². The molecule has 0 aromatic heterocycles. The molecular formula is C12H12N2O4. The topological polar surface area (TPSA) is 76.7 Å². The Hall–Kier alpha value is -2.50. The lowest BCUT2D eigenvalue weighted by Gasteiger charge is -2.06. The fourth-order valence-corrected chi connectivity index (χ4v) is 1.56. The van der Waals surface area contributed by atoms with Crippen molar-refractivity contribution in [3.8, 4) is 11.5 Å². The third-order valence-corrected chi connectivity index (χ3v) is 2.40. The molecule has 6 nitrogen and oxygen atoms in total. The van der Waals surface area contributed by atoms with Gasteiger partial charge >= 0.3 is 6.03 Å². The van der Waals surface area contributed by atoms with Crippen molar-refractivity contribution in [2.45, 2.75) is 0 Å². The van der Waals surface area contributed by atoms with Crippen LogP contribution in [-0.4, -0.2) is 26.2 Å². The fourth-order valence-electron chi connectivity index (χ4n) is 1.56. The second-order valence-electron chi connectivity index (χ2n) is 3.61. The van der Waals surface area contributed by atoms with E-state index in [4.69, 9.17) is 9.47 Å². The van der Waals surface area contributed by atoms with Gasteiger partial charge in [0.15, 0.2) is 0 Å². The molecule has 1 aliphatic rings. The Labute approximate surface area is 104 Å². The molecule has 0 radical (unpaired) electrons. The maximum absolute atomic E-state index is 11.4. The van der Waals surface area contributed by atoms with E-state index in [1.807, 2.05) is 0 Å². The molecule has 1 aromatic carbocycles. The van der Waals surface area contributed by atoms with Crippen molar-refractivity contribution in [2.24, 2.45) is 0 Å². The quantitative estimate of drug-likeness (QED) is 0.615. The Morgan fingerprint density at radius 2 is 1.61 bits per heavy atom. The molecule has 2 N–H and O–H groups in total. The van der Waals surface area contributed by atoms with Crippen molar-refractivity contribution in [1.82, 2.24) is 10.6 Å².